The number of hydrogen-bond acceptors (Lipinski definition) is 3. The zero-order valence-corrected chi connectivity index (χ0v) is 9.93. The van der Waals surface area contributed by atoms with Crippen molar-refractivity contribution < 1.29 is 13.5 Å². The second kappa shape index (κ2) is 4.06. The molecule has 0 atom stereocenters. The van der Waals surface area contributed by atoms with E-state index in [1.807, 2.05) is 0 Å². The van der Waals surface area contributed by atoms with Crippen molar-refractivity contribution in [2.75, 3.05) is 11.5 Å². The summed E-state index contributed by atoms with van der Waals surface area (Å²) in [5.74, 6) is 0.779. The summed E-state index contributed by atoms with van der Waals surface area (Å²) in [5.41, 5.74) is -0.547. The average molecular weight is 232 g/mol. The van der Waals surface area contributed by atoms with Gasteiger partial charge in [-0.2, -0.15) is 0 Å². The highest BCUT2D eigenvalue weighted by molar-refractivity contribution is 7.91. The van der Waals surface area contributed by atoms with E-state index in [0.717, 1.165) is 25.7 Å². The van der Waals surface area contributed by atoms with Crippen LogP contribution in [0.15, 0.2) is 0 Å². The lowest BCUT2D eigenvalue weighted by Gasteiger charge is -2.41. The van der Waals surface area contributed by atoms with Gasteiger partial charge in [0.15, 0.2) is 0 Å². The first kappa shape index (κ1) is 11.4. The predicted molar refractivity (Wildman–Crippen MR) is 59.4 cm³/mol. The highest BCUT2D eigenvalue weighted by atomic mass is 32.2. The molecule has 1 saturated carbocycles. The largest absolute Gasteiger partial charge is 0.390 e. The number of rotatable bonds is 1. The second-order valence-corrected chi connectivity index (χ2v) is 7.39. The van der Waals surface area contributed by atoms with Crippen LogP contribution < -0.4 is 0 Å². The molecule has 2 rings (SSSR count). The van der Waals surface area contributed by atoms with Gasteiger partial charge in [-0.05, 0) is 31.6 Å². The summed E-state index contributed by atoms with van der Waals surface area (Å²) in [6.07, 6.45) is 6.49. The van der Waals surface area contributed by atoms with Crippen molar-refractivity contribution in [2.45, 2.75) is 50.5 Å². The van der Waals surface area contributed by atoms with Gasteiger partial charge in [0.25, 0.3) is 0 Å². The lowest BCUT2D eigenvalue weighted by Crippen LogP contribution is -2.43. The summed E-state index contributed by atoms with van der Waals surface area (Å²) in [4.78, 5) is 0. The number of hydrogen-bond donors (Lipinski definition) is 1. The standard InChI is InChI=1S/C11H20O3S/c12-11(6-2-1-3-7-11)10-4-8-15(13,14)9-5-10/h10,12H,1-9H2. The topological polar surface area (TPSA) is 54.4 Å². The van der Waals surface area contributed by atoms with Crippen LogP contribution in [0.3, 0.4) is 0 Å². The Kier molecular flexibility index (Phi) is 3.08. The lowest BCUT2D eigenvalue weighted by molar-refractivity contribution is -0.0524. The van der Waals surface area contributed by atoms with Crippen LogP contribution in [0.1, 0.15) is 44.9 Å². The first-order chi connectivity index (χ1) is 7.02. The van der Waals surface area contributed by atoms with Gasteiger partial charge in [0.1, 0.15) is 9.84 Å². The van der Waals surface area contributed by atoms with E-state index in [2.05, 4.69) is 0 Å². The van der Waals surface area contributed by atoms with Gasteiger partial charge in [0.05, 0.1) is 17.1 Å². The van der Waals surface area contributed by atoms with Crippen LogP contribution in [0.5, 0.6) is 0 Å². The van der Waals surface area contributed by atoms with E-state index in [4.69, 9.17) is 0 Å². The van der Waals surface area contributed by atoms with Gasteiger partial charge in [-0.3, -0.25) is 0 Å². The van der Waals surface area contributed by atoms with Crippen LogP contribution in [-0.2, 0) is 9.84 Å². The van der Waals surface area contributed by atoms with Gasteiger partial charge in [0, 0.05) is 0 Å². The van der Waals surface area contributed by atoms with E-state index >= 15 is 0 Å². The molecule has 2 aliphatic rings. The molecule has 0 aromatic carbocycles. The van der Waals surface area contributed by atoms with Gasteiger partial charge < -0.3 is 5.11 Å². The van der Waals surface area contributed by atoms with Crippen LogP contribution in [-0.4, -0.2) is 30.6 Å². The molecule has 0 aromatic heterocycles. The maximum atomic E-state index is 11.3. The van der Waals surface area contributed by atoms with Crippen molar-refractivity contribution >= 4 is 9.84 Å². The maximum absolute atomic E-state index is 11.3. The fourth-order valence-electron chi connectivity index (χ4n) is 3.00. The predicted octanol–water partition coefficient (Wildman–Crippen LogP) is 1.51. The first-order valence-corrected chi connectivity index (χ1v) is 7.77. The molecule has 2 fully saturated rings. The summed E-state index contributed by atoms with van der Waals surface area (Å²) in [6, 6.07) is 0. The number of aliphatic hydroxyl groups is 1. The van der Waals surface area contributed by atoms with E-state index in [1.54, 1.807) is 0 Å². The summed E-state index contributed by atoms with van der Waals surface area (Å²) < 4.78 is 22.6. The third-order valence-electron chi connectivity index (χ3n) is 4.03. The quantitative estimate of drug-likeness (QED) is 0.745. The monoisotopic (exact) mass is 232 g/mol. The fraction of sp³-hybridized carbons (Fsp3) is 1.00. The molecule has 0 spiro atoms. The smallest absolute Gasteiger partial charge is 0.150 e. The van der Waals surface area contributed by atoms with Crippen molar-refractivity contribution in [3.05, 3.63) is 0 Å². The van der Waals surface area contributed by atoms with Gasteiger partial charge >= 0.3 is 0 Å². The zero-order valence-electron chi connectivity index (χ0n) is 9.11. The Morgan fingerprint density at radius 2 is 1.53 bits per heavy atom. The highest BCUT2D eigenvalue weighted by Gasteiger charge is 2.40. The van der Waals surface area contributed by atoms with Crippen LogP contribution in [0.4, 0.5) is 0 Å². The van der Waals surface area contributed by atoms with Gasteiger partial charge in [-0.25, -0.2) is 8.42 Å². The molecule has 1 aliphatic carbocycles. The Balaban J connectivity index is 2.00. The third kappa shape index (κ3) is 2.53. The van der Waals surface area contributed by atoms with Crippen molar-refractivity contribution in [1.82, 2.24) is 0 Å². The summed E-state index contributed by atoms with van der Waals surface area (Å²) in [5, 5.41) is 10.5. The lowest BCUT2D eigenvalue weighted by atomic mass is 9.73. The molecule has 88 valence electrons. The third-order valence-corrected chi connectivity index (χ3v) is 5.75. The van der Waals surface area contributed by atoms with E-state index < -0.39 is 15.4 Å². The highest BCUT2D eigenvalue weighted by Crippen LogP contribution is 2.39. The molecule has 1 heterocycles. The fourth-order valence-corrected chi connectivity index (χ4v) is 4.49. The number of sulfone groups is 1. The first-order valence-electron chi connectivity index (χ1n) is 5.95. The van der Waals surface area contributed by atoms with Crippen molar-refractivity contribution in [3.8, 4) is 0 Å². The Hall–Kier alpha value is -0.0900. The normalized spacial score (nSPS) is 31.3. The van der Waals surface area contributed by atoms with Crippen molar-refractivity contribution in [2.24, 2.45) is 5.92 Å². The Labute approximate surface area is 91.8 Å². The molecule has 0 aromatic rings. The minimum atomic E-state index is -2.79. The molecule has 0 bridgehead atoms. The van der Waals surface area contributed by atoms with E-state index in [9.17, 15) is 13.5 Å². The zero-order chi connectivity index (χ0) is 10.9. The van der Waals surface area contributed by atoms with Crippen LogP contribution >= 0.6 is 0 Å². The van der Waals surface area contributed by atoms with Crippen LogP contribution in [0, 0.1) is 5.92 Å². The molecule has 3 nitrogen and oxygen atoms in total. The molecule has 15 heavy (non-hydrogen) atoms. The summed E-state index contributed by atoms with van der Waals surface area (Å²) >= 11 is 0. The Morgan fingerprint density at radius 3 is 2.07 bits per heavy atom. The minimum Gasteiger partial charge on any atom is -0.390 e. The van der Waals surface area contributed by atoms with Gasteiger partial charge in [0.2, 0.25) is 0 Å². The van der Waals surface area contributed by atoms with E-state index in [0.29, 0.717) is 12.8 Å². The van der Waals surface area contributed by atoms with Crippen LogP contribution in [0.2, 0.25) is 0 Å². The molecule has 4 heteroatoms. The van der Waals surface area contributed by atoms with Crippen molar-refractivity contribution in [1.29, 1.82) is 0 Å². The SMILES string of the molecule is O=S1(=O)CCC(C2(O)CCCCC2)CC1. The Bertz CT molecular complexity index is 301. The summed E-state index contributed by atoms with van der Waals surface area (Å²) in [7, 11) is -2.79. The second-order valence-electron chi connectivity index (χ2n) is 5.09. The molecular formula is C11H20O3S. The van der Waals surface area contributed by atoms with E-state index in [-0.39, 0.29) is 17.4 Å². The molecular weight excluding hydrogens is 212 g/mol. The molecule has 0 amide bonds. The van der Waals surface area contributed by atoms with E-state index in [1.165, 1.54) is 6.42 Å². The minimum absolute atomic E-state index is 0.223. The maximum Gasteiger partial charge on any atom is 0.150 e. The van der Waals surface area contributed by atoms with Gasteiger partial charge in [-0.15, -0.1) is 0 Å². The van der Waals surface area contributed by atoms with Crippen molar-refractivity contribution in [3.63, 3.8) is 0 Å². The summed E-state index contributed by atoms with van der Waals surface area (Å²) in [6.45, 7) is 0. The molecule has 1 saturated heterocycles. The average Bonchev–Trinajstić information content (AvgIpc) is 2.18. The molecule has 1 N–H and O–H groups in total. The van der Waals surface area contributed by atoms with Crippen LogP contribution in [0.25, 0.3) is 0 Å². The Morgan fingerprint density at radius 1 is 1.00 bits per heavy atom. The molecule has 0 unspecified atom stereocenters. The molecule has 1 aliphatic heterocycles. The molecule has 0 radical (unpaired) electrons. The van der Waals surface area contributed by atoms with Gasteiger partial charge in [-0.1, -0.05) is 19.3 Å².